The van der Waals surface area contributed by atoms with Crippen LogP contribution < -0.4 is 0 Å². The summed E-state index contributed by atoms with van der Waals surface area (Å²) in [5.41, 5.74) is 4.00. The molecule has 0 atom stereocenters. The lowest BCUT2D eigenvalue weighted by molar-refractivity contribution is 0.667. The van der Waals surface area contributed by atoms with Crippen molar-refractivity contribution >= 4 is 12.3 Å². The van der Waals surface area contributed by atoms with Gasteiger partial charge in [-0.2, -0.15) is 0 Å². The standard InChI is InChI=1S/C15H16N2/c1-2-7-15-13(5-1)8-11-17(15)12-9-14-6-3-4-10-16-14/h3-4,6,8-12H,1-2,5,7H2/b12-9+. The molecule has 0 spiro atoms. The summed E-state index contributed by atoms with van der Waals surface area (Å²) in [5.74, 6) is 0. The molecule has 1 aliphatic carbocycles. The van der Waals surface area contributed by atoms with Crippen LogP contribution in [-0.4, -0.2) is 9.55 Å². The number of aryl methyl sites for hydroxylation is 1. The Morgan fingerprint density at radius 3 is 2.94 bits per heavy atom. The maximum absolute atomic E-state index is 4.29. The maximum atomic E-state index is 4.29. The maximum Gasteiger partial charge on any atom is 0.0644 e. The van der Waals surface area contributed by atoms with Crippen LogP contribution in [0.25, 0.3) is 12.3 Å². The fourth-order valence-electron chi connectivity index (χ4n) is 2.42. The third-order valence-electron chi connectivity index (χ3n) is 3.32. The molecule has 0 aliphatic heterocycles. The molecule has 0 fully saturated rings. The van der Waals surface area contributed by atoms with Crippen molar-refractivity contribution in [3.05, 3.63) is 53.6 Å². The molecule has 2 aromatic heterocycles. The van der Waals surface area contributed by atoms with Crippen molar-refractivity contribution in [3.8, 4) is 0 Å². The highest BCUT2D eigenvalue weighted by Gasteiger charge is 2.11. The van der Waals surface area contributed by atoms with Crippen molar-refractivity contribution in [2.24, 2.45) is 0 Å². The molecule has 3 rings (SSSR count). The van der Waals surface area contributed by atoms with E-state index in [1.165, 1.54) is 36.9 Å². The number of aromatic nitrogens is 2. The van der Waals surface area contributed by atoms with Gasteiger partial charge in [-0.25, -0.2) is 0 Å². The molecule has 0 N–H and O–H groups in total. The van der Waals surface area contributed by atoms with Crippen LogP contribution in [0.1, 0.15) is 29.8 Å². The molecular formula is C15H16N2. The van der Waals surface area contributed by atoms with Crippen molar-refractivity contribution < 1.29 is 0 Å². The second-order valence-electron chi connectivity index (χ2n) is 4.47. The van der Waals surface area contributed by atoms with Crippen molar-refractivity contribution in [1.82, 2.24) is 9.55 Å². The zero-order valence-electron chi connectivity index (χ0n) is 9.84. The summed E-state index contributed by atoms with van der Waals surface area (Å²) in [6.07, 6.45) is 13.3. The quantitative estimate of drug-likeness (QED) is 0.764. The number of pyridine rings is 1. The Morgan fingerprint density at radius 2 is 2.06 bits per heavy atom. The predicted octanol–water partition coefficient (Wildman–Crippen LogP) is 3.39. The highest BCUT2D eigenvalue weighted by molar-refractivity contribution is 5.58. The van der Waals surface area contributed by atoms with Gasteiger partial charge in [-0.3, -0.25) is 4.98 Å². The Labute approximate surface area is 102 Å². The first-order chi connectivity index (χ1) is 8.43. The first-order valence-electron chi connectivity index (χ1n) is 6.21. The van der Waals surface area contributed by atoms with Crippen molar-refractivity contribution in [2.45, 2.75) is 25.7 Å². The predicted molar refractivity (Wildman–Crippen MR) is 70.5 cm³/mol. The third kappa shape index (κ3) is 2.16. The summed E-state index contributed by atoms with van der Waals surface area (Å²) < 4.78 is 2.24. The molecule has 1 aliphatic rings. The molecule has 0 unspecified atom stereocenters. The van der Waals surface area contributed by atoms with Crippen LogP contribution in [0, 0.1) is 0 Å². The molecule has 0 bridgehead atoms. The van der Waals surface area contributed by atoms with Gasteiger partial charge in [0.15, 0.2) is 0 Å². The second kappa shape index (κ2) is 4.58. The van der Waals surface area contributed by atoms with Crippen molar-refractivity contribution in [3.63, 3.8) is 0 Å². The summed E-state index contributed by atoms with van der Waals surface area (Å²) in [6, 6.07) is 8.22. The first kappa shape index (κ1) is 10.3. The van der Waals surface area contributed by atoms with Gasteiger partial charge in [-0.15, -0.1) is 0 Å². The van der Waals surface area contributed by atoms with E-state index in [0.717, 1.165) is 5.69 Å². The zero-order valence-corrected chi connectivity index (χ0v) is 9.84. The minimum absolute atomic E-state index is 1.01. The number of fused-ring (bicyclic) bond motifs is 1. The Bertz CT molecular complexity index is 523. The molecule has 2 aromatic rings. The first-order valence-corrected chi connectivity index (χ1v) is 6.21. The summed E-state index contributed by atoms with van der Waals surface area (Å²) >= 11 is 0. The highest BCUT2D eigenvalue weighted by atomic mass is 14.9. The lowest BCUT2D eigenvalue weighted by Crippen LogP contribution is -2.04. The van der Waals surface area contributed by atoms with Gasteiger partial charge in [0.05, 0.1) is 5.69 Å². The molecule has 86 valence electrons. The van der Waals surface area contributed by atoms with E-state index in [-0.39, 0.29) is 0 Å². The van der Waals surface area contributed by atoms with E-state index >= 15 is 0 Å². The molecule has 0 amide bonds. The average molecular weight is 224 g/mol. The van der Waals surface area contributed by atoms with E-state index in [9.17, 15) is 0 Å². The Kier molecular flexibility index (Phi) is 2.78. The van der Waals surface area contributed by atoms with Gasteiger partial charge in [0.2, 0.25) is 0 Å². The molecule has 0 saturated carbocycles. The van der Waals surface area contributed by atoms with Gasteiger partial charge in [0.1, 0.15) is 0 Å². The number of hydrogen-bond acceptors (Lipinski definition) is 1. The molecule has 2 heteroatoms. The molecule has 2 heterocycles. The zero-order chi connectivity index (χ0) is 11.5. The van der Waals surface area contributed by atoms with E-state index < -0.39 is 0 Å². The van der Waals surface area contributed by atoms with Gasteiger partial charge in [-0.05, 0) is 55.5 Å². The summed E-state index contributed by atoms with van der Waals surface area (Å²) in [4.78, 5) is 4.29. The van der Waals surface area contributed by atoms with E-state index in [4.69, 9.17) is 0 Å². The highest BCUT2D eigenvalue weighted by Crippen LogP contribution is 2.22. The molecule has 0 saturated heterocycles. The fourth-order valence-corrected chi connectivity index (χ4v) is 2.42. The summed E-state index contributed by atoms with van der Waals surface area (Å²) in [6.45, 7) is 0. The van der Waals surface area contributed by atoms with E-state index in [1.54, 1.807) is 0 Å². The molecule has 17 heavy (non-hydrogen) atoms. The number of hydrogen-bond donors (Lipinski definition) is 0. The lowest BCUT2D eigenvalue weighted by atomic mass is 9.98. The van der Waals surface area contributed by atoms with Crippen LogP contribution in [0.2, 0.25) is 0 Å². The smallest absolute Gasteiger partial charge is 0.0644 e. The summed E-state index contributed by atoms with van der Waals surface area (Å²) in [7, 11) is 0. The summed E-state index contributed by atoms with van der Waals surface area (Å²) in [5, 5.41) is 0. The van der Waals surface area contributed by atoms with Gasteiger partial charge in [0, 0.05) is 24.3 Å². The van der Waals surface area contributed by atoms with Gasteiger partial charge in [0.25, 0.3) is 0 Å². The Balaban J connectivity index is 1.86. The van der Waals surface area contributed by atoms with Gasteiger partial charge in [-0.1, -0.05) is 6.07 Å². The molecule has 0 radical (unpaired) electrons. The van der Waals surface area contributed by atoms with Crippen LogP contribution in [0.4, 0.5) is 0 Å². The third-order valence-corrected chi connectivity index (χ3v) is 3.32. The molecule has 0 aromatic carbocycles. The normalized spacial score (nSPS) is 15.1. The van der Waals surface area contributed by atoms with Crippen molar-refractivity contribution in [2.75, 3.05) is 0 Å². The minimum Gasteiger partial charge on any atom is -0.327 e. The second-order valence-corrected chi connectivity index (χ2v) is 4.47. The molecular weight excluding hydrogens is 208 g/mol. The van der Waals surface area contributed by atoms with E-state index in [2.05, 4.69) is 34.1 Å². The Morgan fingerprint density at radius 1 is 1.12 bits per heavy atom. The van der Waals surface area contributed by atoms with E-state index in [1.807, 2.05) is 24.4 Å². The van der Waals surface area contributed by atoms with E-state index in [0.29, 0.717) is 0 Å². The number of rotatable bonds is 2. The van der Waals surface area contributed by atoms with Crippen LogP contribution >= 0.6 is 0 Å². The van der Waals surface area contributed by atoms with Crippen molar-refractivity contribution in [1.29, 1.82) is 0 Å². The van der Waals surface area contributed by atoms with Crippen LogP contribution in [0.5, 0.6) is 0 Å². The van der Waals surface area contributed by atoms with Gasteiger partial charge < -0.3 is 4.57 Å². The van der Waals surface area contributed by atoms with Crippen LogP contribution in [-0.2, 0) is 12.8 Å². The monoisotopic (exact) mass is 224 g/mol. The average Bonchev–Trinajstić information content (AvgIpc) is 2.81. The van der Waals surface area contributed by atoms with Gasteiger partial charge >= 0.3 is 0 Å². The van der Waals surface area contributed by atoms with Crippen LogP contribution in [0.15, 0.2) is 36.7 Å². The largest absolute Gasteiger partial charge is 0.327 e. The number of nitrogens with zero attached hydrogens (tertiary/aromatic N) is 2. The minimum atomic E-state index is 1.01. The van der Waals surface area contributed by atoms with Crippen LogP contribution in [0.3, 0.4) is 0 Å². The SMILES string of the molecule is C(=C\n1ccc2c1CCCC2)/c1ccccn1. The topological polar surface area (TPSA) is 17.8 Å². The molecule has 2 nitrogen and oxygen atoms in total. The fraction of sp³-hybridized carbons (Fsp3) is 0.267. The lowest BCUT2D eigenvalue weighted by Gasteiger charge is -2.13. The Hall–Kier alpha value is -1.83.